The van der Waals surface area contributed by atoms with Gasteiger partial charge in [-0.15, -0.1) is 5.10 Å². The number of hydrogen-bond acceptors (Lipinski definition) is 7. The average molecular weight is 436 g/mol. The van der Waals surface area contributed by atoms with E-state index >= 15 is 0 Å². The van der Waals surface area contributed by atoms with Gasteiger partial charge in [-0.25, -0.2) is 9.50 Å². The topological polar surface area (TPSA) is 105 Å². The Labute approximate surface area is 182 Å². The first-order chi connectivity index (χ1) is 15.0. The van der Waals surface area contributed by atoms with Gasteiger partial charge >= 0.3 is 0 Å². The predicted octanol–water partition coefficient (Wildman–Crippen LogP) is 3.28. The first kappa shape index (κ1) is 20.5. The van der Waals surface area contributed by atoms with Crippen molar-refractivity contribution < 1.29 is 9.59 Å². The molecule has 2 amide bonds. The number of carbonyl (C=O) groups excluding carboxylic acids is 2. The van der Waals surface area contributed by atoms with Gasteiger partial charge in [0.05, 0.1) is 18.4 Å². The van der Waals surface area contributed by atoms with Gasteiger partial charge in [-0.2, -0.15) is 0 Å². The summed E-state index contributed by atoms with van der Waals surface area (Å²) in [6, 6.07) is 10.8. The number of carbonyl (C=O) groups is 2. The van der Waals surface area contributed by atoms with E-state index in [9.17, 15) is 9.59 Å². The van der Waals surface area contributed by atoms with Crippen molar-refractivity contribution in [1.29, 1.82) is 0 Å². The average Bonchev–Trinajstić information content (AvgIpc) is 3.33. The third kappa shape index (κ3) is 4.86. The minimum Gasteiger partial charge on any atom is -0.338 e. The molecule has 0 radical (unpaired) electrons. The minimum atomic E-state index is -0.155. The summed E-state index contributed by atoms with van der Waals surface area (Å²) in [6.45, 7) is 4.21. The van der Waals surface area contributed by atoms with E-state index in [4.69, 9.17) is 0 Å². The summed E-state index contributed by atoms with van der Waals surface area (Å²) in [7, 11) is 0. The fourth-order valence-electron chi connectivity index (χ4n) is 3.00. The number of anilines is 3. The maximum Gasteiger partial charge on any atom is 0.243 e. The predicted molar refractivity (Wildman–Crippen MR) is 121 cm³/mol. The molecule has 9 nitrogen and oxygen atoms in total. The van der Waals surface area contributed by atoms with E-state index < -0.39 is 0 Å². The Morgan fingerprint density at radius 3 is 2.48 bits per heavy atom. The molecule has 158 valence electrons. The number of fused-ring (bicyclic) bond motifs is 1. The number of aromatic nitrogens is 4. The van der Waals surface area contributed by atoms with Crippen LogP contribution in [0.5, 0.6) is 0 Å². The van der Waals surface area contributed by atoms with Crippen molar-refractivity contribution in [2.45, 2.75) is 13.8 Å². The highest BCUT2D eigenvalue weighted by Gasteiger charge is 2.17. The fraction of sp³-hybridized carbons (Fsp3) is 0.190. The molecule has 2 N–H and O–H groups in total. The van der Waals surface area contributed by atoms with E-state index in [-0.39, 0.29) is 18.4 Å². The van der Waals surface area contributed by atoms with Crippen molar-refractivity contribution >= 4 is 44.6 Å². The zero-order chi connectivity index (χ0) is 21.8. The second-order valence-electron chi connectivity index (χ2n) is 6.80. The molecule has 4 rings (SSSR count). The molecule has 0 fully saturated rings. The van der Waals surface area contributed by atoms with E-state index in [0.717, 1.165) is 21.3 Å². The third-order valence-corrected chi connectivity index (χ3v) is 5.45. The first-order valence-electron chi connectivity index (χ1n) is 9.71. The van der Waals surface area contributed by atoms with Crippen molar-refractivity contribution in [2.24, 2.45) is 0 Å². The zero-order valence-corrected chi connectivity index (χ0v) is 17.9. The van der Waals surface area contributed by atoms with Crippen LogP contribution in [0.3, 0.4) is 0 Å². The number of nitrogens with zero attached hydrogens (tertiary/aromatic N) is 5. The van der Waals surface area contributed by atoms with Crippen LogP contribution >= 0.6 is 11.3 Å². The Morgan fingerprint density at radius 1 is 1.13 bits per heavy atom. The van der Waals surface area contributed by atoms with Crippen molar-refractivity contribution in [3.63, 3.8) is 0 Å². The van der Waals surface area contributed by atoms with Crippen molar-refractivity contribution in [2.75, 3.05) is 28.6 Å². The van der Waals surface area contributed by atoms with Gasteiger partial charge in [-0.05, 0) is 43.3 Å². The Bertz CT molecular complexity index is 1170. The van der Waals surface area contributed by atoms with Crippen LogP contribution in [0.15, 0.2) is 55.0 Å². The van der Waals surface area contributed by atoms with Gasteiger partial charge in [0.15, 0.2) is 0 Å². The molecule has 4 aromatic rings. The summed E-state index contributed by atoms with van der Waals surface area (Å²) < 4.78 is 1.73. The Balaban J connectivity index is 1.42. The van der Waals surface area contributed by atoms with Crippen LogP contribution in [-0.2, 0) is 9.59 Å². The maximum absolute atomic E-state index is 12.5. The Kier molecular flexibility index (Phi) is 5.89. The lowest BCUT2D eigenvalue weighted by Gasteiger charge is -2.18. The summed E-state index contributed by atoms with van der Waals surface area (Å²) >= 11 is 1.43. The van der Waals surface area contributed by atoms with Gasteiger partial charge in [-0.1, -0.05) is 11.3 Å². The van der Waals surface area contributed by atoms with Gasteiger partial charge in [0.25, 0.3) is 0 Å². The molecule has 10 heteroatoms. The summed E-state index contributed by atoms with van der Waals surface area (Å²) in [5.41, 5.74) is 3.07. The molecule has 0 unspecified atom stereocenters. The van der Waals surface area contributed by atoms with E-state index in [2.05, 4.69) is 25.7 Å². The SMILES string of the molecule is CCN(CC(=O)Nc1ccc(NC(C)=O)cc1)c1nn2cc(-c3cccnc3)nc2s1. The second kappa shape index (κ2) is 8.92. The molecule has 1 aromatic carbocycles. The number of nitrogens with one attached hydrogen (secondary N) is 2. The fourth-order valence-corrected chi connectivity index (χ4v) is 3.95. The van der Waals surface area contributed by atoms with Gasteiger partial charge in [-0.3, -0.25) is 14.6 Å². The smallest absolute Gasteiger partial charge is 0.243 e. The Morgan fingerprint density at radius 2 is 1.87 bits per heavy atom. The van der Waals surface area contributed by atoms with Crippen LogP contribution in [0, 0.1) is 0 Å². The van der Waals surface area contributed by atoms with Gasteiger partial charge in [0, 0.05) is 42.8 Å². The molecule has 0 aliphatic rings. The number of rotatable bonds is 7. The molecular formula is C21H21N7O2S. The van der Waals surface area contributed by atoms with Crippen molar-refractivity contribution in [1.82, 2.24) is 19.6 Å². The van der Waals surface area contributed by atoms with Crippen LogP contribution < -0.4 is 15.5 Å². The van der Waals surface area contributed by atoms with Gasteiger partial charge in [0.2, 0.25) is 21.9 Å². The van der Waals surface area contributed by atoms with Crippen LogP contribution in [-0.4, -0.2) is 44.5 Å². The van der Waals surface area contributed by atoms with Gasteiger partial charge in [0.1, 0.15) is 0 Å². The lowest BCUT2D eigenvalue weighted by atomic mass is 10.2. The van der Waals surface area contributed by atoms with Gasteiger partial charge < -0.3 is 15.5 Å². The first-order valence-corrected chi connectivity index (χ1v) is 10.5. The molecule has 0 atom stereocenters. The third-order valence-electron chi connectivity index (χ3n) is 4.47. The highest BCUT2D eigenvalue weighted by Crippen LogP contribution is 2.26. The van der Waals surface area contributed by atoms with Crippen LogP contribution in [0.1, 0.15) is 13.8 Å². The van der Waals surface area contributed by atoms with Crippen LogP contribution in [0.25, 0.3) is 16.2 Å². The zero-order valence-electron chi connectivity index (χ0n) is 17.1. The largest absolute Gasteiger partial charge is 0.338 e. The number of pyridine rings is 1. The van der Waals surface area contributed by atoms with Crippen molar-refractivity contribution in [3.05, 3.63) is 55.0 Å². The number of amides is 2. The number of hydrogen-bond donors (Lipinski definition) is 2. The standard InChI is InChI=1S/C21H21N7O2S/c1-3-27(13-19(30)24-17-8-6-16(7-9-17)23-14(2)29)21-26-28-12-18(25-20(28)31-21)15-5-4-10-22-11-15/h4-12H,3,13H2,1-2H3,(H,23,29)(H,24,30). The normalized spacial score (nSPS) is 10.8. The lowest BCUT2D eigenvalue weighted by Crippen LogP contribution is -2.33. The molecule has 0 spiro atoms. The monoisotopic (exact) mass is 435 g/mol. The maximum atomic E-state index is 12.5. The summed E-state index contributed by atoms with van der Waals surface area (Å²) in [5.74, 6) is -0.296. The second-order valence-corrected chi connectivity index (χ2v) is 7.73. The van der Waals surface area contributed by atoms with Crippen molar-refractivity contribution in [3.8, 4) is 11.3 Å². The van der Waals surface area contributed by atoms with E-state index in [1.54, 1.807) is 41.2 Å². The molecule has 0 bridgehead atoms. The number of likely N-dealkylation sites (N-methyl/N-ethyl adjacent to an activating group) is 1. The van der Waals surface area contributed by atoms with E-state index in [0.29, 0.717) is 17.9 Å². The molecule has 0 aliphatic heterocycles. The highest BCUT2D eigenvalue weighted by atomic mass is 32.1. The highest BCUT2D eigenvalue weighted by molar-refractivity contribution is 7.20. The molecule has 0 saturated heterocycles. The molecule has 0 aliphatic carbocycles. The summed E-state index contributed by atoms with van der Waals surface area (Å²) in [4.78, 5) is 35.0. The number of imidazole rings is 1. The van der Waals surface area contributed by atoms with E-state index in [1.165, 1.54) is 18.3 Å². The minimum absolute atomic E-state index is 0.141. The van der Waals surface area contributed by atoms with Crippen LogP contribution in [0.4, 0.5) is 16.5 Å². The quantitative estimate of drug-likeness (QED) is 0.462. The summed E-state index contributed by atoms with van der Waals surface area (Å²) in [5, 5.41) is 10.9. The summed E-state index contributed by atoms with van der Waals surface area (Å²) in [6.07, 6.45) is 5.34. The number of benzene rings is 1. The molecular weight excluding hydrogens is 414 g/mol. The molecule has 0 saturated carbocycles. The molecule has 31 heavy (non-hydrogen) atoms. The Hall–Kier alpha value is -3.79. The van der Waals surface area contributed by atoms with Crippen LogP contribution in [0.2, 0.25) is 0 Å². The molecule has 3 aromatic heterocycles. The van der Waals surface area contributed by atoms with E-state index in [1.807, 2.05) is 30.2 Å². The molecule has 3 heterocycles. The lowest BCUT2D eigenvalue weighted by molar-refractivity contribution is -0.115.